The van der Waals surface area contributed by atoms with Crippen molar-refractivity contribution in [3.8, 4) is 0 Å². The molecule has 7 nitrogen and oxygen atoms in total. The Hall–Kier alpha value is -1.18. The summed E-state index contributed by atoms with van der Waals surface area (Å²) in [6.07, 6.45) is 16.0. The number of aliphatic hydroxyl groups is 1. The van der Waals surface area contributed by atoms with E-state index in [1.165, 1.54) is 58.0 Å². The first-order valence-corrected chi connectivity index (χ1v) is 15.1. The van der Waals surface area contributed by atoms with Gasteiger partial charge in [-0.3, -0.25) is 4.99 Å². The monoisotopic (exact) mass is 499 g/mol. The molecule has 4 N–H and O–H groups in total. The van der Waals surface area contributed by atoms with Gasteiger partial charge < -0.3 is 25.9 Å². The molecular formula is C29H49N5O2. The molecule has 0 aromatic carbocycles. The molecule has 7 heteroatoms. The Morgan fingerprint density at radius 3 is 2.78 bits per heavy atom. The van der Waals surface area contributed by atoms with Gasteiger partial charge in [0.15, 0.2) is 0 Å². The fraction of sp³-hybridized carbons (Fsp3) is 0.931. The predicted octanol–water partition coefficient (Wildman–Crippen LogP) is 3.56. The van der Waals surface area contributed by atoms with Gasteiger partial charge in [0.1, 0.15) is 5.84 Å². The van der Waals surface area contributed by atoms with E-state index < -0.39 is 5.60 Å². The van der Waals surface area contributed by atoms with Gasteiger partial charge in [-0.15, -0.1) is 0 Å². The largest absolute Gasteiger partial charge is 0.389 e. The number of likely N-dealkylation sites (tertiary alicyclic amines) is 1. The number of fused-ring (bicyclic) bond motifs is 5. The lowest BCUT2D eigenvalue weighted by atomic mass is 9.42. The molecule has 36 heavy (non-hydrogen) atoms. The van der Waals surface area contributed by atoms with Crippen molar-refractivity contribution < 1.29 is 9.84 Å². The lowest BCUT2D eigenvalue weighted by Crippen LogP contribution is -2.64. The maximum atomic E-state index is 12.7. The van der Waals surface area contributed by atoms with Crippen LogP contribution in [0.2, 0.25) is 0 Å². The molecule has 8 atom stereocenters. The molecule has 6 aliphatic rings. The van der Waals surface area contributed by atoms with Crippen LogP contribution in [-0.2, 0) is 4.74 Å². The van der Waals surface area contributed by atoms with Gasteiger partial charge in [0.25, 0.3) is 0 Å². The molecule has 0 radical (unpaired) electrons. The zero-order valence-electron chi connectivity index (χ0n) is 22.5. The minimum atomic E-state index is -0.647. The van der Waals surface area contributed by atoms with Gasteiger partial charge in [0, 0.05) is 30.6 Å². The molecule has 0 bridgehead atoms. The molecule has 5 fully saturated rings. The van der Waals surface area contributed by atoms with Crippen LogP contribution in [0, 0.1) is 34.5 Å². The topological polar surface area (TPSA) is 95.5 Å². The van der Waals surface area contributed by atoms with Crippen LogP contribution >= 0.6 is 0 Å². The van der Waals surface area contributed by atoms with E-state index in [0.29, 0.717) is 29.3 Å². The van der Waals surface area contributed by atoms with Gasteiger partial charge in [-0.1, -0.05) is 6.92 Å². The highest BCUT2D eigenvalue weighted by molar-refractivity contribution is 5.87. The summed E-state index contributed by atoms with van der Waals surface area (Å²) in [5.74, 6) is 8.76. The van der Waals surface area contributed by atoms with Crippen LogP contribution in [0.3, 0.4) is 0 Å². The minimum absolute atomic E-state index is 0.188. The van der Waals surface area contributed by atoms with E-state index in [2.05, 4.69) is 22.2 Å². The number of rotatable bonds is 7. The van der Waals surface area contributed by atoms with E-state index in [0.717, 1.165) is 70.1 Å². The number of hydrazone groups is 1. The molecule has 1 saturated heterocycles. The van der Waals surface area contributed by atoms with Crippen LogP contribution in [0.25, 0.3) is 0 Å². The average molecular weight is 500 g/mol. The third-order valence-corrected chi connectivity index (χ3v) is 12.1. The van der Waals surface area contributed by atoms with Crippen LogP contribution in [0.5, 0.6) is 0 Å². The van der Waals surface area contributed by atoms with E-state index in [9.17, 15) is 5.11 Å². The zero-order chi connectivity index (χ0) is 24.8. The smallest absolute Gasteiger partial charge is 0.100 e. The summed E-state index contributed by atoms with van der Waals surface area (Å²) >= 11 is 0. The number of hydrogen-bond acceptors (Lipinski definition) is 7. The zero-order valence-corrected chi connectivity index (χ0v) is 22.5. The van der Waals surface area contributed by atoms with Crippen molar-refractivity contribution in [1.29, 1.82) is 0 Å². The highest BCUT2D eigenvalue weighted by atomic mass is 16.5. The second kappa shape index (κ2) is 9.85. The van der Waals surface area contributed by atoms with Crippen LogP contribution in [-0.4, -0.2) is 73.1 Å². The Balaban J connectivity index is 1.17. The third kappa shape index (κ3) is 3.94. The fourth-order valence-corrected chi connectivity index (χ4v) is 10.2. The minimum Gasteiger partial charge on any atom is -0.389 e. The Kier molecular flexibility index (Phi) is 6.87. The van der Waals surface area contributed by atoms with E-state index in [1.807, 2.05) is 6.21 Å². The molecule has 0 unspecified atom stereocenters. The quantitative estimate of drug-likeness (QED) is 0.283. The van der Waals surface area contributed by atoms with E-state index in [1.54, 1.807) is 0 Å². The molecular weight excluding hydrogens is 450 g/mol. The van der Waals surface area contributed by atoms with E-state index in [-0.39, 0.29) is 5.41 Å². The lowest BCUT2D eigenvalue weighted by molar-refractivity contribution is -0.211. The number of nitrogens with zero attached hydrogens (tertiary/aromatic N) is 3. The molecule has 0 spiro atoms. The van der Waals surface area contributed by atoms with Crippen molar-refractivity contribution >= 4 is 12.1 Å². The summed E-state index contributed by atoms with van der Waals surface area (Å²) in [6, 6.07) is 0. The standard InChI is InChI=1S/C29H49N5O2/c1-27-9-6-22(36-19-18-34-16-2-3-17-34)20-21(27)4-5-24-23(27)7-10-28(12-13-33-30)25(8-11-29(24,28)35)26-31-14-15-32-26/h13,21-25,35H,2-12,14-20,30H2,1H3,(H,31,32)/b33-13+/t21-,22+,23+,24-,25-,27+,28+,29+/m1/s1. The van der Waals surface area contributed by atoms with Gasteiger partial charge in [-0.25, -0.2) is 0 Å². The van der Waals surface area contributed by atoms with Crippen LogP contribution in [0.1, 0.15) is 84.0 Å². The number of nitrogens with one attached hydrogen (secondary N) is 1. The summed E-state index contributed by atoms with van der Waals surface area (Å²) in [6.45, 7) is 8.86. The summed E-state index contributed by atoms with van der Waals surface area (Å²) < 4.78 is 6.46. The molecule has 6 rings (SSSR count). The number of ether oxygens (including phenoxy) is 1. The average Bonchev–Trinajstić information content (AvgIpc) is 3.64. The Morgan fingerprint density at radius 2 is 2.00 bits per heavy atom. The van der Waals surface area contributed by atoms with Gasteiger partial charge in [-0.2, -0.15) is 5.10 Å². The highest BCUT2D eigenvalue weighted by Gasteiger charge is 2.69. The Morgan fingerprint density at radius 1 is 1.14 bits per heavy atom. The van der Waals surface area contributed by atoms with Gasteiger partial charge in [0.05, 0.1) is 24.9 Å². The third-order valence-electron chi connectivity index (χ3n) is 12.1. The second-order valence-corrected chi connectivity index (χ2v) is 13.2. The maximum Gasteiger partial charge on any atom is 0.100 e. The lowest BCUT2D eigenvalue weighted by Gasteiger charge is -2.64. The number of amidine groups is 1. The number of aliphatic imine (C=N–C) groups is 1. The molecule has 202 valence electrons. The van der Waals surface area contributed by atoms with Crippen LogP contribution < -0.4 is 11.2 Å². The molecule has 2 aliphatic heterocycles. The molecule has 0 aromatic heterocycles. The van der Waals surface area contributed by atoms with Crippen molar-refractivity contribution in [3.05, 3.63) is 0 Å². The van der Waals surface area contributed by atoms with Crippen LogP contribution in [0.15, 0.2) is 10.1 Å². The fourth-order valence-electron chi connectivity index (χ4n) is 10.2. The normalized spacial score (nSPS) is 46.8. The molecule has 4 saturated carbocycles. The van der Waals surface area contributed by atoms with E-state index >= 15 is 0 Å². The molecule has 4 aliphatic carbocycles. The number of nitrogens with two attached hydrogens (primary N) is 1. The van der Waals surface area contributed by atoms with Crippen molar-refractivity contribution in [1.82, 2.24) is 10.2 Å². The summed E-state index contributed by atoms with van der Waals surface area (Å²) in [4.78, 5) is 7.40. The first-order valence-electron chi connectivity index (χ1n) is 15.1. The summed E-state index contributed by atoms with van der Waals surface area (Å²) in [7, 11) is 0. The molecule has 0 aromatic rings. The van der Waals surface area contributed by atoms with Crippen molar-refractivity contribution in [3.63, 3.8) is 0 Å². The SMILES string of the molecule is C[C@]12CC[C@H](OCCN3CCCC3)C[C@H]1CC[C@@H]1[C@@H]2CC[C@]2(C/C=N/N)[C@@H](C3=NCCN3)CC[C@]12O. The predicted molar refractivity (Wildman–Crippen MR) is 144 cm³/mol. The Bertz CT molecular complexity index is 859. The summed E-state index contributed by atoms with van der Waals surface area (Å²) in [5.41, 5.74) is -0.513. The highest BCUT2D eigenvalue weighted by Crippen LogP contribution is 2.70. The first-order chi connectivity index (χ1) is 17.5. The Labute approximate surface area is 217 Å². The molecule has 2 heterocycles. The van der Waals surface area contributed by atoms with Crippen LogP contribution in [0.4, 0.5) is 0 Å². The van der Waals surface area contributed by atoms with Crippen molar-refractivity contribution in [2.24, 2.45) is 50.4 Å². The van der Waals surface area contributed by atoms with Gasteiger partial charge in [-0.05, 0) is 113 Å². The maximum absolute atomic E-state index is 12.7. The van der Waals surface area contributed by atoms with Gasteiger partial charge in [0.2, 0.25) is 0 Å². The molecule has 0 amide bonds. The number of hydrogen-bond donors (Lipinski definition) is 3. The first kappa shape index (κ1) is 25.1. The van der Waals surface area contributed by atoms with Gasteiger partial charge >= 0.3 is 0 Å². The second-order valence-electron chi connectivity index (χ2n) is 13.2. The summed E-state index contributed by atoms with van der Waals surface area (Å²) in [5, 5.41) is 20.1. The van der Waals surface area contributed by atoms with Crippen molar-refractivity contribution in [2.75, 3.05) is 39.3 Å². The van der Waals surface area contributed by atoms with Crippen molar-refractivity contribution in [2.45, 2.75) is 95.7 Å². The van der Waals surface area contributed by atoms with E-state index in [4.69, 9.17) is 15.6 Å².